The number of fused-ring (bicyclic) bond motifs is 2. The maximum Gasteiger partial charge on any atom is 0.416 e. The number of carbonyl (C=O) groups is 2. The maximum atomic E-state index is 14.5. The average Bonchev–Trinajstić information content (AvgIpc) is 2.89. The van der Waals surface area contributed by atoms with Crippen molar-refractivity contribution in [1.82, 2.24) is 16.0 Å². The van der Waals surface area contributed by atoms with Crippen LogP contribution in [0.4, 0.5) is 17.6 Å². The van der Waals surface area contributed by atoms with Crippen LogP contribution < -0.4 is 20.7 Å². The Labute approximate surface area is 231 Å². The Hall–Kier alpha value is -3.18. The molecule has 3 unspecified atom stereocenters. The van der Waals surface area contributed by atoms with Crippen molar-refractivity contribution in [1.29, 1.82) is 0 Å². The van der Waals surface area contributed by atoms with Crippen LogP contribution in [0.5, 0.6) is 5.75 Å². The lowest BCUT2D eigenvalue weighted by molar-refractivity contribution is -0.137. The number of aliphatic hydroxyl groups is 1. The molecule has 3 rings (SSSR count). The first-order valence-electron chi connectivity index (χ1n) is 13.6. The molecule has 0 fully saturated rings. The summed E-state index contributed by atoms with van der Waals surface area (Å²) in [5.41, 5.74) is 0.101. The molecule has 0 aliphatic carbocycles. The summed E-state index contributed by atoms with van der Waals surface area (Å²) in [7, 11) is 0. The molecule has 0 radical (unpaired) electrons. The van der Waals surface area contributed by atoms with Gasteiger partial charge in [0.2, 0.25) is 11.8 Å². The van der Waals surface area contributed by atoms with Crippen LogP contribution in [0.25, 0.3) is 0 Å². The Bertz CT molecular complexity index is 1130. The third kappa shape index (κ3) is 10.4. The molecule has 0 saturated heterocycles. The van der Waals surface area contributed by atoms with Crippen LogP contribution in [-0.4, -0.2) is 48.8 Å². The van der Waals surface area contributed by atoms with Gasteiger partial charge < -0.3 is 25.8 Å². The monoisotopic (exact) mass is 567 g/mol. The molecule has 11 heteroatoms. The number of nitrogens with one attached hydrogen (secondary N) is 3. The SMILES string of the molecule is CCCC1CCNC(=O)CCC(=O)NC(C(O)CNCc2cccc(C(F)(F)F)c2)Cc2cc(F)cc(c2)OC1. The Kier molecular flexibility index (Phi) is 11.8. The minimum atomic E-state index is -4.47. The van der Waals surface area contributed by atoms with E-state index in [1.807, 2.05) is 0 Å². The molecular formula is C29H37F4N3O4. The highest BCUT2D eigenvalue weighted by Gasteiger charge is 2.30. The first kappa shape index (κ1) is 31.3. The van der Waals surface area contributed by atoms with E-state index in [0.717, 1.165) is 25.0 Å². The van der Waals surface area contributed by atoms with Gasteiger partial charge in [-0.3, -0.25) is 9.59 Å². The number of hydrogen-bond acceptors (Lipinski definition) is 5. The van der Waals surface area contributed by atoms with Gasteiger partial charge in [-0.05, 0) is 54.5 Å². The lowest BCUT2D eigenvalue weighted by atomic mass is 9.99. The van der Waals surface area contributed by atoms with E-state index in [1.54, 1.807) is 6.07 Å². The van der Waals surface area contributed by atoms with E-state index >= 15 is 0 Å². The van der Waals surface area contributed by atoms with Gasteiger partial charge in [0.1, 0.15) is 11.6 Å². The second-order valence-electron chi connectivity index (χ2n) is 10.2. The molecule has 1 heterocycles. The zero-order valence-electron chi connectivity index (χ0n) is 22.5. The molecule has 3 atom stereocenters. The molecular weight excluding hydrogens is 530 g/mol. The van der Waals surface area contributed by atoms with Gasteiger partial charge in [-0.1, -0.05) is 31.5 Å². The molecule has 7 nitrogen and oxygen atoms in total. The normalized spacial score (nSPS) is 20.2. The van der Waals surface area contributed by atoms with Gasteiger partial charge in [0.15, 0.2) is 0 Å². The van der Waals surface area contributed by atoms with Gasteiger partial charge in [-0.2, -0.15) is 13.2 Å². The van der Waals surface area contributed by atoms with Crippen LogP contribution in [0.15, 0.2) is 42.5 Å². The zero-order valence-corrected chi connectivity index (χ0v) is 22.5. The van der Waals surface area contributed by atoms with Crippen LogP contribution in [0.3, 0.4) is 0 Å². The van der Waals surface area contributed by atoms with Crippen molar-refractivity contribution in [2.45, 2.75) is 70.3 Å². The molecule has 40 heavy (non-hydrogen) atoms. The van der Waals surface area contributed by atoms with Gasteiger partial charge in [0.25, 0.3) is 0 Å². The average molecular weight is 568 g/mol. The van der Waals surface area contributed by atoms with Gasteiger partial charge in [-0.25, -0.2) is 4.39 Å². The van der Waals surface area contributed by atoms with E-state index in [-0.39, 0.29) is 44.2 Å². The summed E-state index contributed by atoms with van der Waals surface area (Å²) < 4.78 is 59.4. The van der Waals surface area contributed by atoms with Crippen molar-refractivity contribution in [3.8, 4) is 5.75 Å². The van der Waals surface area contributed by atoms with E-state index in [4.69, 9.17) is 4.74 Å². The molecule has 0 aromatic heterocycles. The number of benzene rings is 2. The Morgan fingerprint density at radius 1 is 1.12 bits per heavy atom. The zero-order chi connectivity index (χ0) is 29.1. The number of rotatable bonds is 7. The molecule has 0 spiro atoms. The van der Waals surface area contributed by atoms with Gasteiger partial charge >= 0.3 is 6.18 Å². The minimum absolute atomic E-state index is 0.0263. The van der Waals surface area contributed by atoms with E-state index in [0.29, 0.717) is 36.4 Å². The summed E-state index contributed by atoms with van der Waals surface area (Å²) in [5.74, 6) is -0.748. The fourth-order valence-electron chi connectivity index (χ4n) is 4.67. The minimum Gasteiger partial charge on any atom is -0.493 e. The fourth-order valence-corrected chi connectivity index (χ4v) is 4.67. The molecule has 2 amide bonds. The Morgan fingerprint density at radius 2 is 1.90 bits per heavy atom. The molecule has 2 aromatic carbocycles. The van der Waals surface area contributed by atoms with Crippen molar-refractivity contribution in [3.63, 3.8) is 0 Å². The molecule has 0 saturated carbocycles. The third-order valence-electron chi connectivity index (χ3n) is 6.77. The molecule has 1 aliphatic heterocycles. The predicted octanol–water partition coefficient (Wildman–Crippen LogP) is 4.12. The number of carbonyl (C=O) groups excluding carboxylic acids is 2. The molecule has 2 aromatic rings. The van der Waals surface area contributed by atoms with Gasteiger partial charge in [0.05, 0.1) is 24.3 Å². The van der Waals surface area contributed by atoms with Crippen molar-refractivity contribution in [2.75, 3.05) is 19.7 Å². The lowest BCUT2D eigenvalue weighted by Gasteiger charge is -2.25. The number of ether oxygens (including phenoxy) is 1. The van der Waals surface area contributed by atoms with Crippen molar-refractivity contribution >= 4 is 11.8 Å². The number of halogens is 4. The molecule has 220 valence electrons. The van der Waals surface area contributed by atoms with Crippen molar-refractivity contribution < 1.29 is 37.0 Å². The van der Waals surface area contributed by atoms with Crippen LogP contribution in [0.1, 0.15) is 55.7 Å². The second kappa shape index (κ2) is 15.0. The van der Waals surface area contributed by atoms with E-state index in [2.05, 4.69) is 22.9 Å². The van der Waals surface area contributed by atoms with Gasteiger partial charge in [0, 0.05) is 38.5 Å². The van der Waals surface area contributed by atoms with Crippen LogP contribution in [0.2, 0.25) is 0 Å². The number of hydrogen-bond donors (Lipinski definition) is 4. The van der Waals surface area contributed by atoms with Crippen molar-refractivity contribution in [3.05, 3.63) is 65.0 Å². The second-order valence-corrected chi connectivity index (χ2v) is 10.2. The highest BCUT2D eigenvalue weighted by atomic mass is 19.4. The van der Waals surface area contributed by atoms with Crippen LogP contribution in [0, 0.1) is 11.7 Å². The van der Waals surface area contributed by atoms with Crippen LogP contribution >= 0.6 is 0 Å². The third-order valence-corrected chi connectivity index (χ3v) is 6.77. The number of aliphatic hydroxyl groups excluding tert-OH is 1. The quantitative estimate of drug-likeness (QED) is 0.378. The Morgan fingerprint density at radius 3 is 2.65 bits per heavy atom. The molecule has 2 bridgehead atoms. The number of amides is 2. The van der Waals surface area contributed by atoms with E-state index in [1.165, 1.54) is 24.3 Å². The standard InChI is InChI=1S/C29H37F4N3O4/c1-2-4-19-9-10-35-27(38)7-8-28(39)36-25(14-21-12-23(30)15-24(13-21)40-18-19)26(37)17-34-16-20-5-3-6-22(11-20)29(31,32)33/h3,5-6,11-13,15,19,25-26,34,37H,2,4,7-10,14,16-18H2,1H3,(H,35,38)(H,36,39). The van der Waals surface area contributed by atoms with Crippen molar-refractivity contribution in [2.24, 2.45) is 5.92 Å². The molecule has 4 N–H and O–H groups in total. The topological polar surface area (TPSA) is 99.7 Å². The smallest absolute Gasteiger partial charge is 0.416 e. The summed E-state index contributed by atoms with van der Waals surface area (Å²) in [6.07, 6.45) is -3.19. The van der Waals surface area contributed by atoms with Crippen LogP contribution in [-0.2, 0) is 28.7 Å². The summed E-state index contributed by atoms with van der Waals surface area (Å²) in [5, 5.41) is 19.4. The summed E-state index contributed by atoms with van der Waals surface area (Å²) in [6.45, 7) is 2.84. The Balaban J connectivity index is 1.73. The van der Waals surface area contributed by atoms with E-state index in [9.17, 15) is 32.3 Å². The number of alkyl halides is 3. The highest BCUT2D eigenvalue weighted by Crippen LogP contribution is 2.29. The highest BCUT2D eigenvalue weighted by molar-refractivity contribution is 5.83. The fraction of sp³-hybridized carbons (Fsp3) is 0.517. The predicted molar refractivity (Wildman–Crippen MR) is 142 cm³/mol. The summed E-state index contributed by atoms with van der Waals surface area (Å²) >= 11 is 0. The first-order valence-corrected chi connectivity index (χ1v) is 13.6. The summed E-state index contributed by atoms with van der Waals surface area (Å²) in [4.78, 5) is 24.9. The van der Waals surface area contributed by atoms with E-state index < -0.39 is 35.6 Å². The maximum absolute atomic E-state index is 14.5. The first-order chi connectivity index (χ1) is 19.0. The van der Waals surface area contributed by atoms with Gasteiger partial charge in [-0.15, -0.1) is 0 Å². The molecule has 1 aliphatic rings. The summed E-state index contributed by atoms with van der Waals surface area (Å²) in [6, 6.07) is 8.23. The lowest BCUT2D eigenvalue weighted by Crippen LogP contribution is -2.48. The largest absolute Gasteiger partial charge is 0.493 e.